The summed E-state index contributed by atoms with van der Waals surface area (Å²) in [6.07, 6.45) is 0. The summed E-state index contributed by atoms with van der Waals surface area (Å²) in [5, 5.41) is 5.73. The van der Waals surface area contributed by atoms with E-state index in [1.807, 2.05) is 103 Å². The summed E-state index contributed by atoms with van der Waals surface area (Å²) in [5.41, 5.74) is 8.88. The van der Waals surface area contributed by atoms with E-state index in [1.54, 1.807) is 0 Å². The van der Waals surface area contributed by atoms with Gasteiger partial charge < -0.3 is 8.98 Å². The zero-order chi connectivity index (χ0) is 32.8. The molecule has 4 heteroatoms. The zero-order valence-corrected chi connectivity index (χ0v) is 27.4. The lowest BCUT2D eigenvalue weighted by Crippen LogP contribution is -2.24. The summed E-state index contributed by atoms with van der Waals surface area (Å²) < 4.78 is 21.2. The fraction of sp³-hybridized carbons (Fsp3) is 0. The van der Waals surface area contributed by atoms with Crippen molar-refractivity contribution in [2.45, 2.75) is 0 Å². The van der Waals surface area contributed by atoms with Gasteiger partial charge in [-0.15, -0.1) is 0 Å². The highest BCUT2D eigenvalue weighted by molar-refractivity contribution is 7.85. The van der Waals surface area contributed by atoms with Gasteiger partial charge in [0.25, 0.3) is 0 Å². The van der Waals surface area contributed by atoms with E-state index in [-0.39, 0.29) is 0 Å². The van der Waals surface area contributed by atoms with Crippen LogP contribution in [0.3, 0.4) is 0 Å². The quantitative estimate of drug-likeness (QED) is 0.169. The molecule has 0 N–H and O–H groups in total. The van der Waals surface area contributed by atoms with E-state index in [4.69, 9.17) is 9.40 Å². The fourth-order valence-electron chi connectivity index (χ4n) is 6.90. The Hall–Kier alpha value is -6.02. The van der Waals surface area contributed by atoms with Gasteiger partial charge in [0, 0.05) is 37.6 Å². The van der Waals surface area contributed by atoms with E-state index in [1.165, 1.54) is 0 Å². The van der Waals surface area contributed by atoms with Crippen molar-refractivity contribution in [1.29, 1.82) is 0 Å². The Morgan fingerprint density at radius 1 is 0.429 bits per heavy atom. The minimum absolute atomic E-state index is 0.805. The van der Waals surface area contributed by atoms with E-state index in [0.29, 0.717) is 0 Å². The van der Waals surface area contributed by atoms with Crippen molar-refractivity contribution >= 4 is 55.9 Å². The molecular formula is C45H30NO2P. The number of rotatable bonds is 6. The second kappa shape index (κ2) is 11.9. The number of para-hydroxylation sites is 1. The van der Waals surface area contributed by atoms with Crippen LogP contribution in [0.25, 0.3) is 66.4 Å². The van der Waals surface area contributed by atoms with Gasteiger partial charge in [0.15, 0.2) is 12.7 Å². The molecule has 0 bridgehead atoms. The number of benzene rings is 7. The van der Waals surface area contributed by atoms with Crippen LogP contribution in [0.1, 0.15) is 0 Å². The predicted octanol–water partition coefficient (Wildman–Crippen LogP) is 10.8. The van der Waals surface area contributed by atoms with Gasteiger partial charge >= 0.3 is 0 Å². The van der Waals surface area contributed by atoms with Gasteiger partial charge in [-0.3, -0.25) is 0 Å². The number of aromatic nitrogens is 1. The second-order valence-corrected chi connectivity index (χ2v) is 15.0. The van der Waals surface area contributed by atoms with Crippen molar-refractivity contribution in [3.63, 3.8) is 0 Å². The molecule has 2 heterocycles. The highest BCUT2D eigenvalue weighted by Crippen LogP contribution is 2.43. The van der Waals surface area contributed by atoms with Gasteiger partial charge in [-0.2, -0.15) is 0 Å². The Kier molecular flexibility index (Phi) is 7.08. The average molecular weight is 648 g/mol. The molecule has 0 fully saturated rings. The molecule has 0 unspecified atom stereocenters. The van der Waals surface area contributed by atoms with E-state index in [0.717, 1.165) is 82.3 Å². The summed E-state index contributed by atoms with van der Waals surface area (Å²) in [7, 11) is -3.02. The Morgan fingerprint density at radius 3 is 1.55 bits per heavy atom. The summed E-state index contributed by atoms with van der Waals surface area (Å²) in [6.45, 7) is 0. The molecule has 0 radical (unpaired) electrons. The second-order valence-electron chi connectivity index (χ2n) is 12.3. The first kappa shape index (κ1) is 29.1. The normalized spacial score (nSPS) is 11.8. The lowest BCUT2D eigenvalue weighted by Gasteiger charge is -2.20. The van der Waals surface area contributed by atoms with Gasteiger partial charge in [-0.25, -0.2) is 4.98 Å². The summed E-state index contributed by atoms with van der Waals surface area (Å²) in [4.78, 5) is 5.11. The molecule has 2 aromatic heterocycles. The third-order valence-corrected chi connectivity index (χ3v) is 12.5. The number of hydrogen-bond donors (Lipinski definition) is 0. The largest absolute Gasteiger partial charge is 0.454 e. The molecule has 9 aromatic rings. The Morgan fingerprint density at radius 2 is 0.918 bits per heavy atom. The maximum atomic E-state index is 14.8. The van der Waals surface area contributed by atoms with E-state index < -0.39 is 7.14 Å². The topological polar surface area (TPSA) is 43.1 Å². The molecule has 49 heavy (non-hydrogen) atoms. The fourth-order valence-corrected chi connectivity index (χ4v) is 9.55. The van der Waals surface area contributed by atoms with Crippen molar-refractivity contribution in [1.82, 2.24) is 4.98 Å². The molecule has 0 aliphatic carbocycles. The SMILES string of the molecule is O=P(c1ccccc1)(c1ccccc1)c1ccc(-c2ccc(-c3ccc4nc(-c5ccccc5)c5oc6ccccc6c5c4c3)cc2)cc1. The molecular weight excluding hydrogens is 617 g/mol. The third kappa shape index (κ3) is 4.99. The van der Waals surface area contributed by atoms with Crippen LogP contribution in [0.5, 0.6) is 0 Å². The monoisotopic (exact) mass is 647 g/mol. The van der Waals surface area contributed by atoms with Gasteiger partial charge in [0.05, 0.1) is 5.52 Å². The number of nitrogens with zero attached hydrogens (tertiary/aromatic N) is 1. The van der Waals surface area contributed by atoms with Crippen LogP contribution < -0.4 is 15.9 Å². The number of furan rings is 1. The number of hydrogen-bond acceptors (Lipinski definition) is 3. The van der Waals surface area contributed by atoms with Gasteiger partial charge in [0.1, 0.15) is 11.3 Å². The highest BCUT2D eigenvalue weighted by atomic mass is 31.2. The third-order valence-electron chi connectivity index (χ3n) is 9.38. The number of pyridine rings is 1. The lowest BCUT2D eigenvalue weighted by atomic mass is 9.97. The lowest BCUT2D eigenvalue weighted by molar-refractivity contribution is 0.592. The Bertz CT molecular complexity index is 2600. The first-order valence-electron chi connectivity index (χ1n) is 16.4. The van der Waals surface area contributed by atoms with Crippen LogP contribution >= 0.6 is 7.14 Å². The molecule has 0 saturated carbocycles. The summed E-state index contributed by atoms with van der Waals surface area (Å²) in [6, 6.07) is 61.4. The van der Waals surface area contributed by atoms with Crippen LogP contribution in [0.4, 0.5) is 0 Å². The van der Waals surface area contributed by atoms with Crippen LogP contribution in [0.15, 0.2) is 186 Å². The van der Waals surface area contributed by atoms with E-state index in [9.17, 15) is 4.57 Å². The van der Waals surface area contributed by atoms with Crippen LogP contribution in [0.2, 0.25) is 0 Å². The first-order chi connectivity index (χ1) is 24.2. The van der Waals surface area contributed by atoms with Gasteiger partial charge in [-0.05, 0) is 40.5 Å². The first-order valence-corrected chi connectivity index (χ1v) is 18.1. The maximum absolute atomic E-state index is 14.8. The molecule has 0 atom stereocenters. The molecule has 232 valence electrons. The Labute approximate surface area is 284 Å². The zero-order valence-electron chi connectivity index (χ0n) is 26.5. The molecule has 7 aromatic carbocycles. The van der Waals surface area contributed by atoms with E-state index in [2.05, 4.69) is 78.9 Å². The minimum atomic E-state index is -3.02. The van der Waals surface area contributed by atoms with E-state index >= 15 is 0 Å². The van der Waals surface area contributed by atoms with Crippen molar-refractivity contribution in [2.75, 3.05) is 0 Å². The molecule has 9 rings (SSSR count). The predicted molar refractivity (Wildman–Crippen MR) is 205 cm³/mol. The molecule has 0 aliphatic heterocycles. The smallest absolute Gasteiger partial charge is 0.171 e. The number of fused-ring (bicyclic) bond motifs is 5. The molecule has 0 saturated heterocycles. The van der Waals surface area contributed by atoms with Crippen LogP contribution in [-0.2, 0) is 4.57 Å². The van der Waals surface area contributed by atoms with Gasteiger partial charge in [-0.1, -0.05) is 164 Å². The molecule has 0 spiro atoms. The van der Waals surface area contributed by atoms with Crippen molar-refractivity contribution in [3.8, 4) is 33.5 Å². The van der Waals surface area contributed by atoms with Crippen LogP contribution in [-0.4, -0.2) is 4.98 Å². The Balaban J connectivity index is 1.09. The maximum Gasteiger partial charge on any atom is 0.171 e. The van der Waals surface area contributed by atoms with Crippen LogP contribution in [0, 0.1) is 0 Å². The molecule has 0 aliphatic rings. The molecule has 0 amide bonds. The standard InChI is InChI=1S/C45H30NO2P/c47-49(36-14-6-2-7-15-36,37-16-8-3-9-17-37)38-27-24-32(25-28-38)31-20-22-33(23-21-31)35-26-29-41-40(30-35)43-39-18-10-11-19-42(39)48-45(43)44(46-41)34-12-4-1-5-13-34/h1-30H. The van der Waals surface area contributed by atoms with Crippen molar-refractivity contribution in [2.24, 2.45) is 0 Å². The molecule has 3 nitrogen and oxygen atoms in total. The highest BCUT2D eigenvalue weighted by Gasteiger charge is 2.29. The van der Waals surface area contributed by atoms with Gasteiger partial charge in [0.2, 0.25) is 0 Å². The van der Waals surface area contributed by atoms with Crippen molar-refractivity contribution < 1.29 is 8.98 Å². The minimum Gasteiger partial charge on any atom is -0.454 e. The summed E-state index contributed by atoms with van der Waals surface area (Å²) in [5.74, 6) is 0. The average Bonchev–Trinajstić information content (AvgIpc) is 3.58. The summed E-state index contributed by atoms with van der Waals surface area (Å²) >= 11 is 0. The van der Waals surface area contributed by atoms with Crippen molar-refractivity contribution in [3.05, 3.63) is 182 Å².